The van der Waals surface area contributed by atoms with E-state index in [1.165, 1.54) is 11.3 Å². The lowest BCUT2D eigenvalue weighted by atomic mass is 10.3. The largest absolute Gasteiger partial charge is 0.463 e. The van der Waals surface area contributed by atoms with E-state index in [0.717, 1.165) is 0 Å². The van der Waals surface area contributed by atoms with Gasteiger partial charge in [-0.1, -0.05) is 0 Å². The van der Waals surface area contributed by atoms with E-state index in [1.807, 2.05) is 0 Å². The number of rotatable bonds is 2. The average molecular weight is 227 g/mol. The van der Waals surface area contributed by atoms with Gasteiger partial charge in [-0.2, -0.15) is 0 Å². The SMILES string of the molecule is Nc1ccsc1C(=O)OC1CCOC1=O. The number of hydrogen-bond donors (Lipinski definition) is 1. The first-order chi connectivity index (χ1) is 7.18. The molecule has 1 aliphatic heterocycles. The summed E-state index contributed by atoms with van der Waals surface area (Å²) >= 11 is 1.19. The van der Waals surface area contributed by atoms with E-state index in [2.05, 4.69) is 4.74 Å². The van der Waals surface area contributed by atoms with Gasteiger partial charge < -0.3 is 15.2 Å². The van der Waals surface area contributed by atoms with Crippen LogP contribution in [-0.2, 0) is 14.3 Å². The van der Waals surface area contributed by atoms with Crippen LogP contribution < -0.4 is 5.73 Å². The van der Waals surface area contributed by atoms with Gasteiger partial charge in [0.15, 0.2) is 0 Å². The van der Waals surface area contributed by atoms with Gasteiger partial charge in [-0.05, 0) is 11.4 Å². The van der Waals surface area contributed by atoms with Crippen molar-refractivity contribution in [3.63, 3.8) is 0 Å². The van der Waals surface area contributed by atoms with Gasteiger partial charge in [-0.25, -0.2) is 9.59 Å². The van der Waals surface area contributed by atoms with E-state index in [9.17, 15) is 9.59 Å². The zero-order valence-electron chi connectivity index (χ0n) is 7.76. The summed E-state index contributed by atoms with van der Waals surface area (Å²) in [6.45, 7) is 0.302. The van der Waals surface area contributed by atoms with E-state index < -0.39 is 18.0 Å². The Hall–Kier alpha value is -1.56. The first-order valence-electron chi connectivity index (χ1n) is 4.39. The fraction of sp³-hybridized carbons (Fsp3) is 0.333. The molecule has 1 aliphatic rings. The van der Waals surface area contributed by atoms with Crippen molar-refractivity contribution in [3.8, 4) is 0 Å². The molecule has 0 spiro atoms. The normalized spacial score (nSPS) is 20.0. The molecule has 0 amide bonds. The van der Waals surface area contributed by atoms with Crippen LogP contribution in [0.5, 0.6) is 0 Å². The van der Waals surface area contributed by atoms with Crippen LogP contribution >= 0.6 is 11.3 Å². The number of carbonyl (C=O) groups excluding carboxylic acids is 2. The number of esters is 2. The Morgan fingerprint density at radius 3 is 3.00 bits per heavy atom. The molecule has 5 nitrogen and oxygen atoms in total. The minimum Gasteiger partial charge on any atom is -0.463 e. The Labute approximate surface area is 89.8 Å². The highest BCUT2D eigenvalue weighted by Gasteiger charge is 2.31. The third-order valence-electron chi connectivity index (χ3n) is 2.02. The Morgan fingerprint density at radius 1 is 1.67 bits per heavy atom. The molecule has 1 unspecified atom stereocenters. The van der Waals surface area contributed by atoms with E-state index in [4.69, 9.17) is 10.5 Å². The Bertz CT molecular complexity index is 401. The van der Waals surface area contributed by atoms with Crippen LogP contribution in [-0.4, -0.2) is 24.6 Å². The maximum atomic E-state index is 11.5. The molecular formula is C9H9NO4S. The zero-order valence-corrected chi connectivity index (χ0v) is 8.58. The Balaban J connectivity index is 2.04. The first-order valence-corrected chi connectivity index (χ1v) is 5.27. The molecule has 0 radical (unpaired) electrons. The lowest BCUT2D eigenvalue weighted by Gasteiger charge is -2.07. The van der Waals surface area contributed by atoms with Crippen LogP contribution in [0, 0.1) is 0 Å². The molecule has 6 heteroatoms. The summed E-state index contributed by atoms with van der Waals surface area (Å²) in [5.74, 6) is -1.05. The van der Waals surface area contributed by atoms with Gasteiger partial charge in [0.1, 0.15) is 4.88 Å². The van der Waals surface area contributed by atoms with Gasteiger partial charge in [-0.15, -0.1) is 11.3 Å². The van der Waals surface area contributed by atoms with E-state index >= 15 is 0 Å². The van der Waals surface area contributed by atoms with Crippen molar-refractivity contribution in [1.82, 2.24) is 0 Å². The molecule has 80 valence electrons. The number of cyclic esters (lactones) is 1. The molecular weight excluding hydrogens is 218 g/mol. The molecule has 1 atom stereocenters. The number of nitrogens with two attached hydrogens (primary N) is 1. The summed E-state index contributed by atoms with van der Waals surface area (Å²) in [5, 5.41) is 1.69. The molecule has 0 aliphatic carbocycles. The average Bonchev–Trinajstić information content (AvgIpc) is 2.76. The third-order valence-corrected chi connectivity index (χ3v) is 2.93. The number of thiophene rings is 1. The molecule has 2 N–H and O–H groups in total. The predicted octanol–water partition coefficient (Wildman–Crippen LogP) is 0.803. The second kappa shape index (κ2) is 3.90. The topological polar surface area (TPSA) is 78.6 Å². The highest BCUT2D eigenvalue weighted by Crippen LogP contribution is 2.21. The summed E-state index contributed by atoms with van der Waals surface area (Å²) in [7, 11) is 0. The minimum atomic E-state index is -0.779. The van der Waals surface area contributed by atoms with Crippen LogP contribution in [0.4, 0.5) is 5.69 Å². The second-order valence-corrected chi connectivity index (χ2v) is 3.97. The summed E-state index contributed by atoms with van der Waals surface area (Å²) in [6, 6.07) is 1.62. The van der Waals surface area contributed by atoms with E-state index in [0.29, 0.717) is 23.6 Å². The molecule has 0 aromatic carbocycles. The minimum absolute atomic E-state index is 0.302. The Morgan fingerprint density at radius 2 is 2.47 bits per heavy atom. The van der Waals surface area contributed by atoms with Crippen molar-refractivity contribution in [2.45, 2.75) is 12.5 Å². The molecule has 1 aromatic heterocycles. The molecule has 15 heavy (non-hydrogen) atoms. The summed E-state index contributed by atoms with van der Waals surface area (Å²) in [5.41, 5.74) is 5.92. The fourth-order valence-corrected chi connectivity index (χ4v) is 1.95. The standard InChI is InChI=1S/C9H9NO4S/c10-5-2-4-15-7(5)9(12)14-6-1-3-13-8(6)11/h2,4,6H,1,3,10H2. The molecule has 2 rings (SSSR count). The third kappa shape index (κ3) is 1.94. The van der Waals surface area contributed by atoms with Crippen LogP contribution in [0.15, 0.2) is 11.4 Å². The molecule has 1 saturated heterocycles. The fourth-order valence-electron chi connectivity index (χ4n) is 1.25. The summed E-state index contributed by atoms with van der Waals surface area (Å²) in [4.78, 5) is 22.9. The highest BCUT2D eigenvalue weighted by molar-refractivity contribution is 7.12. The maximum absolute atomic E-state index is 11.5. The van der Waals surface area contributed by atoms with Crippen molar-refractivity contribution in [2.24, 2.45) is 0 Å². The predicted molar refractivity (Wildman–Crippen MR) is 53.5 cm³/mol. The number of carbonyl (C=O) groups is 2. The molecule has 2 heterocycles. The highest BCUT2D eigenvalue weighted by atomic mass is 32.1. The van der Waals surface area contributed by atoms with Crippen LogP contribution in [0.25, 0.3) is 0 Å². The monoisotopic (exact) mass is 227 g/mol. The second-order valence-electron chi connectivity index (χ2n) is 3.06. The van der Waals surface area contributed by atoms with Crippen LogP contribution in [0.2, 0.25) is 0 Å². The van der Waals surface area contributed by atoms with Crippen LogP contribution in [0.3, 0.4) is 0 Å². The van der Waals surface area contributed by atoms with Crippen molar-refractivity contribution in [3.05, 3.63) is 16.3 Å². The van der Waals surface area contributed by atoms with Gasteiger partial charge in [0.25, 0.3) is 0 Å². The number of ether oxygens (including phenoxy) is 2. The van der Waals surface area contributed by atoms with Crippen molar-refractivity contribution >= 4 is 29.0 Å². The van der Waals surface area contributed by atoms with E-state index in [-0.39, 0.29) is 0 Å². The number of hydrogen-bond acceptors (Lipinski definition) is 6. The van der Waals surface area contributed by atoms with Gasteiger partial charge >= 0.3 is 11.9 Å². The molecule has 0 saturated carbocycles. The first kappa shape index (κ1) is 9.97. The maximum Gasteiger partial charge on any atom is 0.351 e. The molecule has 1 aromatic rings. The van der Waals surface area contributed by atoms with Crippen LogP contribution in [0.1, 0.15) is 16.1 Å². The van der Waals surface area contributed by atoms with E-state index in [1.54, 1.807) is 11.4 Å². The summed E-state index contributed by atoms with van der Waals surface area (Å²) in [6.07, 6.45) is -0.366. The smallest absolute Gasteiger partial charge is 0.351 e. The zero-order chi connectivity index (χ0) is 10.8. The number of nitrogen functional groups attached to an aromatic ring is 1. The van der Waals surface area contributed by atoms with Gasteiger partial charge in [0, 0.05) is 6.42 Å². The summed E-state index contributed by atoms with van der Waals surface area (Å²) < 4.78 is 9.64. The molecule has 1 fully saturated rings. The lowest BCUT2D eigenvalue weighted by molar-refractivity contribution is -0.145. The van der Waals surface area contributed by atoms with Gasteiger partial charge in [-0.3, -0.25) is 0 Å². The number of anilines is 1. The quantitative estimate of drug-likeness (QED) is 0.756. The lowest BCUT2D eigenvalue weighted by Crippen LogP contribution is -2.22. The Kier molecular flexibility index (Phi) is 2.59. The van der Waals surface area contributed by atoms with Gasteiger partial charge in [0.05, 0.1) is 12.3 Å². The molecule has 0 bridgehead atoms. The van der Waals surface area contributed by atoms with Crippen molar-refractivity contribution in [2.75, 3.05) is 12.3 Å². The van der Waals surface area contributed by atoms with Crippen molar-refractivity contribution in [1.29, 1.82) is 0 Å². The van der Waals surface area contributed by atoms with Gasteiger partial charge in [0.2, 0.25) is 6.10 Å². The van der Waals surface area contributed by atoms with Crippen molar-refractivity contribution < 1.29 is 19.1 Å².